The van der Waals surface area contributed by atoms with Crippen molar-refractivity contribution in [3.05, 3.63) is 55.3 Å². The number of carbonyl (C=O) groups excluding carboxylic acids is 1. The highest BCUT2D eigenvalue weighted by Crippen LogP contribution is 2.31. The number of aryl methyl sites for hydroxylation is 2. The first kappa shape index (κ1) is 13.9. The number of aromatic nitrogens is 1. The van der Waals surface area contributed by atoms with Crippen LogP contribution in [0.5, 0.6) is 0 Å². The minimum absolute atomic E-state index is 0.0525. The van der Waals surface area contributed by atoms with Gasteiger partial charge in [0, 0.05) is 34.7 Å². The van der Waals surface area contributed by atoms with E-state index in [0.717, 1.165) is 25.1 Å². The lowest BCUT2D eigenvalue weighted by atomic mass is 10.1. The number of thiophene rings is 1. The topological polar surface area (TPSA) is 22.0 Å². The van der Waals surface area contributed by atoms with Gasteiger partial charge in [-0.15, -0.1) is 11.3 Å². The highest BCUT2D eigenvalue weighted by Gasteiger charge is 2.18. The van der Waals surface area contributed by atoms with E-state index in [0.29, 0.717) is 10.6 Å². The van der Waals surface area contributed by atoms with E-state index in [9.17, 15) is 4.79 Å². The fourth-order valence-electron chi connectivity index (χ4n) is 2.24. The molecule has 1 aromatic carbocycles. The summed E-state index contributed by atoms with van der Waals surface area (Å²) in [6, 6.07) is 7.52. The van der Waals surface area contributed by atoms with Crippen LogP contribution in [0.15, 0.2) is 34.2 Å². The molecule has 3 rings (SSSR count). The van der Waals surface area contributed by atoms with Gasteiger partial charge in [-0.25, -0.2) is 0 Å². The summed E-state index contributed by atoms with van der Waals surface area (Å²) in [5.41, 5.74) is 2.77. The standard InChI is InChI=1S/C15H11BrClNOS/c1-8-5-13(20-15(8)16)14(19)11-7-18(2)12-6-9(17)3-4-10(11)12/h3-7H,1-2H3. The lowest BCUT2D eigenvalue weighted by molar-refractivity contribution is 0.104. The minimum Gasteiger partial charge on any atom is -0.350 e. The predicted molar refractivity (Wildman–Crippen MR) is 88.1 cm³/mol. The molecule has 0 amide bonds. The van der Waals surface area contributed by atoms with Crippen molar-refractivity contribution < 1.29 is 4.79 Å². The number of rotatable bonds is 2. The summed E-state index contributed by atoms with van der Waals surface area (Å²) in [5.74, 6) is 0.0525. The van der Waals surface area contributed by atoms with E-state index in [1.54, 1.807) is 0 Å². The lowest BCUT2D eigenvalue weighted by Gasteiger charge is -1.97. The molecule has 5 heteroatoms. The lowest BCUT2D eigenvalue weighted by Crippen LogP contribution is -1.97. The molecule has 0 fully saturated rings. The summed E-state index contributed by atoms with van der Waals surface area (Å²) in [4.78, 5) is 13.4. The van der Waals surface area contributed by atoms with Crippen LogP contribution in [0, 0.1) is 6.92 Å². The molecule has 0 N–H and O–H groups in total. The minimum atomic E-state index is 0.0525. The zero-order chi connectivity index (χ0) is 14.4. The Morgan fingerprint density at radius 1 is 1.35 bits per heavy atom. The molecule has 0 unspecified atom stereocenters. The first-order valence-corrected chi connectivity index (χ1v) is 8.01. The molecule has 0 aliphatic heterocycles. The Morgan fingerprint density at radius 3 is 2.75 bits per heavy atom. The third-order valence-corrected chi connectivity index (χ3v) is 5.65. The second-order valence-electron chi connectivity index (χ2n) is 4.71. The van der Waals surface area contributed by atoms with Crippen LogP contribution >= 0.6 is 38.9 Å². The molecule has 3 aromatic rings. The summed E-state index contributed by atoms with van der Waals surface area (Å²) in [7, 11) is 1.92. The van der Waals surface area contributed by atoms with Gasteiger partial charge in [0.2, 0.25) is 5.78 Å². The van der Waals surface area contributed by atoms with E-state index in [2.05, 4.69) is 15.9 Å². The SMILES string of the molecule is Cc1cc(C(=O)c2cn(C)c3cc(Cl)ccc23)sc1Br. The zero-order valence-corrected chi connectivity index (χ0v) is 14.1. The third-order valence-electron chi connectivity index (χ3n) is 3.28. The van der Waals surface area contributed by atoms with Crippen molar-refractivity contribution in [3.63, 3.8) is 0 Å². The van der Waals surface area contributed by atoms with Crippen molar-refractivity contribution in [2.24, 2.45) is 7.05 Å². The van der Waals surface area contributed by atoms with Crippen LogP contribution in [0.25, 0.3) is 10.9 Å². The van der Waals surface area contributed by atoms with Crippen molar-refractivity contribution in [2.75, 3.05) is 0 Å². The van der Waals surface area contributed by atoms with Crippen molar-refractivity contribution >= 4 is 55.6 Å². The second-order valence-corrected chi connectivity index (χ2v) is 7.52. The Kier molecular flexibility index (Phi) is 3.48. The molecular weight excluding hydrogens is 358 g/mol. The van der Waals surface area contributed by atoms with Gasteiger partial charge < -0.3 is 4.57 Å². The van der Waals surface area contributed by atoms with Gasteiger partial charge in [-0.1, -0.05) is 17.7 Å². The van der Waals surface area contributed by atoms with Crippen molar-refractivity contribution in [1.29, 1.82) is 0 Å². The number of hydrogen-bond acceptors (Lipinski definition) is 2. The monoisotopic (exact) mass is 367 g/mol. The molecule has 2 aromatic heterocycles. The van der Waals surface area contributed by atoms with Crippen LogP contribution in [-0.2, 0) is 7.05 Å². The van der Waals surface area contributed by atoms with Gasteiger partial charge in [0.25, 0.3) is 0 Å². The number of carbonyl (C=O) groups is 1. The fourth-order valence-corrected chi connectivity index (χ4v) is 3.90. The van der Waals surface area contributed by atoms with Crippen LogP contribution in [0.4, 0.5) is 0 Å². The van der Waals surface area contributed by atoms with Gasteiger partial charge >= 0.3 is 0 Å². The van der Waals surface area contributed by atoms with E-state index in [1.807, 2.05) is 49.0 Å². The normalized spacial score (nSPS) is 11.2. The Balaban J connectivity index is 2.17. The van der Waals surface area contributed by atoms with Crippen molar-refractivity contribution in [1.82, 2.24) is 4.57 Å². The molecule has 2 nitrogen and oxygen atoms in total. The van der Waals surface area contributed by atoms with Crippen molar-refractivity contribution in [2.45, 2.75) is 6.92 Å². The number of fused-ring (bicyclic) bond motifs is 1. The summed E-state index contributed by atoms with van der Waals surface area (Å²) in [6.07, 6.45) is 1.87. The maximum Gasteiger partial charge on any atom is 0.205 e. The summed E-state index contributed by atoms with van der Waals surface area (Å²) < 4.78 is 2.94. The van der Waals surface area contributed by atoms with Crippen LogP contribution in [0.3, 0.4) is 0 Å². The highest BCUT2D eigenvalue weighted by atomic mass is 79.9. The van der Waals surface area contributed by atoms with E-state index in [4.69, 9.17) is 11.6 Å². The molecule has 0 aliphatic rings. The van der Waals surface area contributed by atoms with Crippen molar-refractivity contribution in [3.8, 4) is 0 Å². The maximum absolute atomic E-state index is 12.7. The largest absolute Gasteiger partial charge is 0.350 e. The molecule has 20 heavy (non-hydrogen) atoms. The molecule has 0 saturated heterocycles. The Labute approximate surface area is 134 Å². The molecule has 2 heterocycles. The fraction of sp³-hybridized carbons (Fsp3) is 0.133. The van der Waals surface area contributed by atoms with Gasteiger partial charge in [-0.2, -0.15) is 0 Å². The van der Waals surface area contributed by atoms with Crippen LogP contribution in [0.2, 0.25) is 5.02 Å². The van der Waals surface area contributed by atoms with Gasteiger partial charge in [-0.05, 0) is 46.6 Å². The first-order chi connectivity index (χ1) is 9.47. The van der Waals surface area contributed by atoms with Gasteiger partial charge in [0.1, 0.15) is 0 Å². The van der Waals surface area contributed by atoms with Crippen LogP contribution in [-0.4, -0.2) is 10.4 Å². The third kappa shape index (κ3) is 2.22. The Hall–Kier alpha value is -1.10. The number of nitrogens with zero attached hydrogens (tertiary/aromatic N) is 1. The van der Waals surface area contributed by atoms with E-state index < -0.39 is 0 Å². The second kappa shape index (κ2) is 5.02. The average molecular weight is 369 g/mol. The van der Waals surface area contributed by atoms with Gasteiger partial charge in [-0.3, -0.25) is 4.79 Å². The Morgan fingerprint density at radius 2 is 2.10 bits per heavy atom. The summed E-state index contributed by atoms with van der Waals surface area (Å²) in [6.45, 7) is 1.99. The summed E-state index contributed by atoms with van der Waals surface area (Å²) in [5, 5.41) is 1.61. The molecule has 102 valence electrons. The van der Waals surface area contributed by atoms with Crippen LogP contribution < -0.4 is 0 Å². The zero-order valence-electron chi connectivity index (χ0n) is 10.9. The van der Waals surface area contributed by atoms with Gasteiger partial charge in [0.05, 0.1) is 8.66 Å². The number of hydrogen-bond donors (Lipinski definition) is 0. The summed E-state index contributed by atoms with van der Waals surface area (Å²) >= 11 is 11.0. The average Bonchev–Trinajstić information content (AvgIpc) is 2.91. The molecule has 0 atom stereocenters. The van der Waals surface area contributed by atoms with E-state index >= 15 is 0 Å². The first-order valence-electron chi connectivity index (χ1n) is 6.02. The molecule has 0 spiro atoms. The Bertz CT molecular complexity index is 814. The predicted octanol–water partition coefficient (Wildman–Crippen LogP) is 5.20. The van der Waals surface area contributed by atoms with Gasteiger partial charge in [0.15, 0.2) is 0 Å². The molecule has 0 saturated carbocycles. The number of ketones is 1. The number of halogens is 2. The smallest absolute Gasteiger partial charge is 0.205 e. The van der Waals surface area contributed by atoms with Crippen LogP contribution in [0.1, 0.15) is 20.8 Å². The number of benzene rings is 1. The van der Waals surface area contributed by atoms with E-state index in [1.165, 1.54) is 11.3 Å². The molecular formula is C15H11BrClNOS. The molecule has 0 bridgehead atoms. The van der Waals surface area contributed by atoms with E-state index in [-0.39, 0.29) is 5.78 Å². The highest BCUT2D eigenvalue weighted by molar-refractivity contribution is 9.11. The molecule has 0 aliphatic carbocycles. The molecule has 0 radical (unpaired) electrons. The quantitative estimate of drug-likeness (QED) is 0.570. The maximum atomic E-state index is 12.7.